The molecule has 17 heteroatoms. The van der Waals surface area contributed by atoms with E-state index in [-0.39, 0.29) is 37.9 Å². The molecule has 1 aliphatic heterocycles. The number of carboxylic acids is 1. The Hall–Kier alpha value is -4.78. The average molecular weight is 768 g/mol. The first-order valence-electron chi connectivity index (χ1n) is 18.3. The first-order chi connectivity index (χ1) is 26.0. The molecule has 55 heavy (non-hydrogen) atoms. The number of para-hydroxylation sites is 1. The smallest absolute Gasteiger partial charge is 0.345 e. The number of Topliss-reactive ketones (excluding diaryl/α,β-unsaturated/α-hetero) is 1. The van der Waals surface area contributed by atoms with E-state index in [1.54, 1.807) is 25.2 Å². The predicted octanol–water partition coefficient (Wildman–Crippen LogP) is 1.54. The summed E-state index contributed by atoms with van der Waals surface area (Å²) in [5.74, 6) is -1.43. The zero-order valence-electron chi connectivity index (χ0n) is 31.6. The minimum atomic E-state index is -1.55. The van der Waals surface area contributed by atoms with Gasteiger partial charge in [0.15, 0.2) is 5.78 Å². The van der Waals surface area contributed by atoms with Gasteiger partial charge >= 0.3 is 12.0 Å². The Morgan fingerprint density at radius 3 is 2.24 bits per heavy atom. The number of ketones is 1. The van der Waals surface area contributed by atoms with Crippen molar-refractivity contribution in [2.45, 2.75) is 83.8 Å². The summed E-state index contributed by atoms with van der Waals surface area (Å²) >= 11 is 0. The van der Waals surface area contributed by atoms with Crippen LogP contribution in [0.4, 0.5) is 16.2 Å². The lowest BCUT2D eigenvalue weighted by Crippen LogP contribution is -2.48. The third-order valence-corrected chi connectivity index (χ3v) is 9.52. The second-order valence-corrected chi connectivity index (χ2v) is 14.8. The molecule has 8 N–H and O–H groups in total. The van der Waals surface area contributed by atoms with Gasteiger partial charge in [0, 0.05) is 34.5 Å². The molecule has 1 aromatic heterocycles. The lowest BCUT2D eigenvalue weighted by Gasteiger charge is -2.28. The first kappa shape index (κ1) is 43.0. The number of hydrogen-bond acceptors (Lipinski definition) is 12. The molecule has 2 aliphatic rings. The van der Waals surface area contributed by atoms with Crippen LogP contribution < -0.4 is 15.5 Å². The molecule has 1 fully saturated rings. The molecule has 1 saturated carbocycles. The van der Waals surface area contributed by atoms with Crippen molar-refractivity contribution in [3.63, 3.8) is 0 Å². The monoisotopic (exact) mass is 767 g/mol. The van der Waals surface area contributed by atoms with Crippen LogP contribution in [0.2, 0.25) is 0 Å². The number of carboxylic acid groups (broad SMARTS) is 1. The molecule has 5 rings (SSSR count). The van der Waals surface area contributed by atoms with Crippen LogP contribution in [0.3, 0.4) is 0 Å². The van der Waals surface area contributed by atoms with E-state index in [4.69, 9.17) is 30.6 Å². The van der Waals surface area contributed by atoms with Crippen LogP contribution in [0.1, 0.15) is 58.4 Å². The van der Waals surface area contributed by atoms with Gasteiger partial charge in [-0.25, -0.2) is 9.80 Å². The fourth-order valence-corrected chi connectivity index (χ4v) is 6.36. The van der Waals surface area contributed by atoms with Crippen molar-refractivity contribution in [2.24, 2.45) is 16.4 Å². The number of hydrogen-bond donors (Lipinski definition) is 8. The zero-order valence-corrected chi connectivity index (χ0v) is 31.6. The van der Waals surface area contributed by atoms with Crippen molar-refractivity contribution in [1.82, 2.24) is 20.1 Å². The number of likely N-dealkylation sites (N-methyl/N-ethyl adjacent to an activating group) is 1. The van der Waals surface area contributed by atoms with Crippen LogP contribution >= 0.6 is 0 Å². The number of anilines is 2. The number of aromatic nitrogens is 2. The summed E-state index contributed by atoms with van der Waals surface area (Å²) in [5.41, 5.74) is 2.64. The summed E-state index contributed by atoms with van der Waals surface area (Å²) in [7, 11) is 1.57. The SMILES string of the molecule is CC(C)(C)C(=O)CN1C(=O)N(CC(=O)Nc2ccc3c(cnn3CC(=O)O)c2)N=C(C2CCCCC2)c2ccccc21.CNC[C@H](O)[C@@H](O)[C@H](O)[C@H](O)CO. The normalized spacial score (nSPS) is 17.3. The maximum atomic E-state index is 14.0. The number of rotatable bonds is 14. The Kier molecular flexibility index (Phi) is 15.0. The van der Waals surface area contributed by atoms with E-state index >= 15 is 0 Å². The third-order valence-electron chi connectivity index (χ3n) is 9.52. The highest BCUT2D eigenvalue weighted by atomic mass is 16.4. The van der Waals surface area contributed by atoms with Crippen molar-refractivity contribution in [3.8, 4) is 0 Å². The topological polar surface area (TPSA) is 250 Å². The maximum Gasteiger partial charge on any atom is 0.345 e. The molecule has 300 valence electrons. The highest BCUT2D eigenvalue weighted by Crippen LogP contribution is 2.34. The second kappa shape index (κ2) is 19.2. The minimum absolute atomic E-state index is 0.0936. The van der Waals surface area contributed by atoms with E-state index in [1.165, 1.54) is 20.8 Å². The van der Waals surface area contributed by atoms with E-state index < -0.39 is 54.3 Å². The first-order valence-corrected chi connectivity index (χ1v) is 18.3. The number of fused-ring (bicyclic) bond motifs is 2. The van der Waals surface area contributed by atoms with Gasteiger partial charge in [-0.3, -0.25) is 24.0 Å². The van der Waals surface area contributed by atoms with Gasteiger partial charge in [-0.2, -0.15) is 10.2 Å². The third kappa shape index (κ3) is 11.1. The Morgan fingerprint density at radius 2 is 1.60 bits per heavy atom. The number of amides is 3. The van der Waals surface area contributed by atoms with E-state index in [0.29, 0.717) is 22.3 Å². The van der Waals surface area contributed by atoms with Crippen LogP contribution in [0.5, 0.6) is 0 Å². The molecular weight excluding hydrogens is 714 g/mol. The van der Waals surface area contributed by atoms with Gasteiger partial charge in [-0.05, 0) is 44.2 Å². The number of urea groups is 1. The fourth-order valence-electron chi connectivity index (χ4n) is 6.36. The van der Waals surface area contributed by atoms with E-state index in [0.717, 1.165) is 43.4 Å². The van der Waals surface area contributed by atoms with Crippen LogP contribution in [0.15, 0.2) is 53.8 Å². The molecule has 0 saturated heterocycles. The van der Waals surface area contributed by atoms with Crippen LogP contribution in [-0.2, 0) is 20.9 Å². The summed E-state index contributed by atoms with van der Waals surface area (Å²) in [6.45, 7) is 4.13. The molecule has 0 bridgehead atoms. The summed E-state index contributed by atoms with van der Waals surface area (Å²) in [6, 6.07) is 12.0. The number of nitrogens with zero attached hydrogens (tertiary/aromatic N) is 5. The summed E-state index contributed by atoms with van der Waals surface area (Å²) in [6.07, 6.45) is 1.06. The van der Waals surface area contributed by atoms with Crippen molar-refractivity contribution >= 4 is 51.7 Å². The summed E-state index contributed by atoms with van der Waals surface area (Å²) < 4.78 is 1.37. The number of benzene rings is 2. The van der Waals surface area contributed by atoms with E-state index in [2.05, 4.69) is 15.7 Å². The maximum absolute atomic E-state index is 14.0. The number of hydrazone groups is 1. The number of aliphatic hydroxyl groups is 5. The van der Waals surface area contributed by atoms with Gasteiger partial charge in [0.25, 0.3) is 0 Å². The lowest BCUT2D eigenvalue weighted by molar-refractivity contribution is -0.137. The van der Waals surface area contributed by atoms with Crippen molar-refractivity contribution in [2.75, 3.05) is 43.5 Å². The van der Waals surface area contributed by atoms with Crippen LogP contribution in [0, 0.1) is 11.3 Å². The highest BCUT2D eigenvalue weighted by Gasteiger charge is 2.36. The lowest BCUT2D eigenvalue weighted by atomic mass is 9.83. The Labute approximate surface area is 319 Å². The number of carbonyl (C=O) groups excluding carboxylic acids is 3. The molecule has 17 nitrogen and oxygen atoms in total. The molecule has 1 aliphatic carbocycles. The van der Waals surface area contributed by atoms with Gasteiger partial charge in [-0.15, -0.1) is 0 Å². The molecular formula is C38H53N7O10. The predicted molar refractivity (Wildman–Crippen MR) is 205 cm³/mol. The van der Waals surface area contributed by atoms with Gasteiger partial charge in [0.1, 0.15) is 31.4 Å². The quantitative estimate of drug-likeness (QED) is 0.116. The molecule has 0 unspecified atom stereocenters. The van der Waals surface area contributed by atoms with Crippen LogP contribution in [-0.4, -0.2) is 133 Å². The molecule has 0 spiro atoms. The molecule has 2 heterocycles. The van der Waals surface area contributed by atoms with Gasteiger partial charge in [0.05, 0.1) is 42.4 Å². The molecule has 4 atom stereocenters. The Bertz CT molecular complexity index is 1840. The minimum Gasteiger partial charge on any atom is -0.480 e. The van der Waals surface area contributed by atoms with Gasteiger partial charge < -0.3 is 41.3 Å². The van der Waals surface area contributed by atoms with Gasteiger partial charge in [-0.1, -0.05) is 58.2 Å². The zero-order chi connectivity index (χ0) is 40.4. The number of nitrogens with one attached hydrogen (secondary N) is 2. The highest BCUT2D eigenvalue weighted by molar-refractivity contribution is 6.13. The second-order valence-electron chi connectivity index (χ2n) is 14.8. The fraction of sp³-hybridized carbons (Fsp3) is 0.526. The van der Waals surface area contributed by atoms with Crippen molar-refractivity contribution in [3.05, 3.63) is 54.2 Å². The molecule has 3 amide bonds. The van der Waals surface area contributed by atoms with Crippen molar-refractivity contribution in [1.29, 1.82) is 0 Å². The standard InChI is InChI=1S/C31H36N6O5.C7H17NO5/c1-31(2,3)26(38)17-35-25-12-8-7-11-23(25)29(20-9-5-4-6-10-20)34-37(30(35)42)18-27(39)33-22-13-14-24-21(15-22)16-32-36(24)19-28(40)41;1-8-2-4(10)6(12)7(13)5(11)3-9/h7-8,11-16,20H,4-6,9-10,17-19H2,1-3H3,(H,33,39)(H,40,41);4-13H,2-3H2,1H3/t;4-,5+,6+,7+/m.0/s1. The number of aliphatic hydroxyl groups excluding tert-OH is 5. The van der Waals surface area contributed by atoms with Crippen molar-refractivity contribution < 1.29 is 49.8 Å². The largest absolute Gasteiger partial charge is 0.480 e. The van der Waals surface area contributed by atoms with Crippen LogP contribution in [0.25, 0.3) is 10.9 Å². The molecule has 3 aromatic rings. The number of carbonyl (C=O) groups is 4. The Morgan fingerprint density at radius 1 is 0.927 bits per heavy atom. The summed E-state index contributed by atoms with van der Waals surface area (Å²) in [5, 5.41) is 70.2. The van der Waals surface area contributed by atoms with Gasteiger partial charge in [0.2, 0.25) is 5.91 Å². The van der Waals surface area contributed by atoms with E-state index in [9.17, 15) is 24.3 Å². The average Bonchev–Trinajstić information content (AvgIpc) is 3.50. The van der Waals surface area contributed by atoms with E-state index in [1.807, 2.05) is 45.0 Å². The Balaban J connectivity index is 0.000000444. The molecule has 0 radical (unpaired) electrons. The summed E-state index contributed by atoms with van der Waals surface area (Å²) in [4.78, 5) is 53.0. The molecule has 2 aromatic carbocycles. The number of aliphatic carboxylic acids is 1.